The third kappa shape index (κ3) is 3.03. The minimum absolute atomic E-state index is 0.130. The summed E-state index contributed by atoms with van der Waals surface area (Å²) < 4.78 is 5.49. The number of para-hydroxylation sites is 1. The molecule has 2 N–H and O–H groups in total. The van der Waals surface area contributed by atoms with Crippen LogP contribution in [-0.4, -0.2) is 18.3 Å². The highest BCUT2D eigenvalue weighted by atomic mass is 16.5. The summed E-state index contributed by atoms with van der Waals surface area (Å²) in [7, 11) is 0. The van der Waals surface area contributed by atoms with Crippen LogP contribution in [0.1, 0.15) is 26.3 Å². The summed E-state index contributed by atoms with van der Waals surface area (Å²) in [6.45, 7) is 1.77. The molecule has 0 bridgehead atoms. The largest absolute Gasteiger partial charge is 0.485 e. The van der Waals surface area contributed by atoms with E-state index in [1.807, 2.05) is 25.1 Å². The van der Waals surface area contributed by atoms with Gasteiger partial charge in [-0.25, -0.2) is 0 Å². The number of rotatable bonds is 5. The van der Waals surface area contributed by atoms with Gasteiger partial charge >= 0.3 is 0 Å². The van der Waals surface area contributed by atoms with Crippen LogP contribution in [0.3, 0.4) is 0 Å². The van der Waals surface area contributed by atoms with Crippen LogP contribution < -0.4 is 10.5 Å². The van der Waals surface area contributed by atoms with Gasteiger partial charge in [-0.15, -0.1) is 0 Å². The molecule has 2 rings (SSSR count). The van der Waals surface area contributed by atoms with Crippen molar-refractivity contribution in [1.29, 1.82) is 0 Å². The number of ketones is 1. The van der Waals surface area contributed by atoms with Gasteiger partial charge in [0.05, 0.1) is 5.56 Å². The number of benzene rings is 2. The summed E-state index contributed by atoms with van der Waals surface area (Å²) in [4.78, 5) is 23.4. The number of ether oxygens (including phenoxy) is 1. The molecule has 20 heavy (non-hydrogen) atoms. The van der Waals surface area contributed by atoms with Gasteiger partial charge in [0.1, 0.15) is 5.75 Å². The van der Waals surface area contributed by atoms with E-state index in [1.54, 1.807) is 24.3 Å². The monoisotopic (exact) mass is 269 g/mol. The molecule has 0 fully saturated rings. The number of aryl methyl sites for hydroxylation is 1. The van der Waals surface area contributed by atoms with Crippen molar-refractivity contribution < 1.29 is 14.3 Å². The third-order valence-electron chi connectivity index (χ3n) is 2.95. The quantitative estimate of drug-likeness (QED) is 0.847. The second kappa shape index (κ2) is 6.02. The van der Waals surface area contributed by atoms with Crippen LogP contribution >= 0.6 is 0 Å². The van der Waals surface area contributed by atoms with E-state index in [-0.39, 0.29) is 23.5 Å². The van der Waals surface area contributed by atoms with Gasteiger partial charge in [-0.1, -0.05) is 36.4 Å². The third-order valence-corrected chi connectivity index (χ3v) is 2.95. The molecule has 4 nitrogen and oxygen atoms in total. The van der Waals surface area contributed by atoms with E-state index in [0.717, 1.165) is 5.56 Å². The Morgan fingerprint density at radius 1 is 1.00 bits per heavy atom. The molecule has 0 atom stereocenters. The van der Waals surface area contributed by atoms with Crippen LogP contribution in [0.2, 0.25) is 0 Å². The Labute approximate surface area is 117 Å². The lowest BCUT2D eigenvalue weighted by Gasteiger charge is -2.09. The van der Waals surface area contributed by atoms with Crippen molar-refractivity contribution in [2.24, 2.45) is 5.73 Å². The zero-order valence-corrected chi connectivity index (χ0v) is 11.1. The van der Waals surface area contributed by atoms with Crippen molar-refractivity contribution in [3.05, 3.63) is 65.2 Å². The molecule has 0 aromatic heterocycles. The van der Waals surface area contributed by atoms with Crippen molar-refractivity contribution in [2.75, 3.05) is 6.61 Å². The fourth-order valence-electron chi connectivity index (χ4n) is 1.88. The van der Waals surface area contributed by atoms with Crippen molar-refractivity contribution in [3.8, 4) is 5.75 Å². The van der Waals surface area contributed by atoms with E-state index >= 15 is 0 Å². The van der Waals surface area contributed by atoms with Crippen LogP contribution in [0.15, 0.2) is 48.5 Å². The van der Waals surface area contributed by atoms with Gasteiger partial charge in [0.25, 0.3) is 0 Å². The second-order valence-corrected chi connectivity index (χ2v) is 4.39. The number of nitrogens with two attached hydrogens (primary N) is 1. The highest BCUT2D eigenvalue weighted by Gasteiger charge is 2.15. The molecule has 102 valence electrons. The highest BCUT2D eigenvalue weighted by molar-refractivity contribution is 6.08. The number of primary amides is 1. The van der Waals surface area contributed by atoms with Crippen LogP contribution in [0, 0.1) is 6.92 Å². The molecule has 0 unspecified atom stereocenters. The van der Waals surface area contributed by atoms with E-state index in [1.165, 1.54) is 6.07 Å². The molecule has 0 saturated carbocycles. The molecule has 4 heteroatoms. The average molecular weight is 269 g/mol. The Morgan fingerprint density at radius 3 is 2.25 bits per heavy atom. The van der Waals surface area contributed by atoms with Gasteiger partial charge in [0.15, 0.2) is 6.61 Å². The van der Waals surface area contributed by atoms with Gasteiger partial charge in [-0.05, 0) is 24.6 Å². The Bertz CT molecular complexity index is 650. The number of hydrogen-bond acceptors (Lipinski definition) is 3. The number of carbonyl (C=O) groups excluding carboxylic acids is 2. The van der Waals surface area contributed by atoms with Gasteiger partial charge in [-0.2, -0.15) is 0 Å². The fourth-order valence-corrected chi connectivity index (χ4v) is 1.88. The SMILES string of the molecule is Cc1ccccc1OCC(=O)c1ccccc1C(N)=O. The molecule has 2 aromatic rings. The Hall–Kier alpha value is -2.62. The number of carbonyl (C=O) groups is 2. The topological polar surface area (TPSA) is 69.4 Å². The second-order valence-electron chi connectivity index (χ2n) is 4.39. The minimum Gasteiger partial charge on any atom is -0.485 e. The number of amides is 1. The first-order valence-corrected chi connectivity index (χ1v) is 6.20. The maximum absolute atomic E-state index is 12.1. The first-order valence-electron chi connectivity index (χ1n) is 6.20. The molecule has 0 heterocycles. The molecular weight excluding hydrogens is 254 g/mol. The Kier molecular flexibility index (Phi) is 4.15. The standard InChI is InChI=1S/C16H15NO3/c1-11-6-2-5-9-15(11)20-10-14(18)12-7-3-4-8-13(12)16(17)19/h2-9H,10H2,1H3,(H2,17,19). The normalized spacial score (nSPS) is 10.1. The predicted octanol–water partition coefficient (Wildman–Crippen LogP) is 2.36. The van der Waals surface area contributed by atoms with Gasteiger partial charge in [0.2, 0.25) is 11.7 Å². The molecule has 0 radical (unpaired) electrons. The first kappa shape index (κ1) is 13.8. The summed E-state index contributed by atoms with van der Waals surface area (Å²) in [5.41, 5.74) is 6.70. The summed E-state index contributed by atoms with van der Waals surface area (Å²) in [5.74, 6) is -0.245. The number of hydrogen-bond donors (Lipinski definition) is 1. The van der Waals surface area contributed by atoms with Crippen LogP contribution in [0.25, 0.3) is 0 Å². The molecule has 0 aliphatic rings. The molecule has 0 saturated heterocycles. The van der Waals surface area contributed by atoms with E-state index in [9.17, 15) is 9.59 Å². The first-order chi connectivity index (χ1) is 9.59. The van der Waals surface area contributed by atoms with Gasteiger partial charge in [0, 0.05) is 5.56 Å². The minimum atomic E-state index is -0.621. The Balaban J connectivity index is 2.14. The summed E-state index contributed by atoms with van der Waals surface area (Å²) in [6, 6.07) is 13.9. The lowest BCUT2D eigenvalue weighted by atomic mass is 10.0. The lowest BCUT2D eigenvalue weighted by molar-refractivity contribution is 0.0909. The predicted molar refractivity (Wildman–Crippen MR) is 76.0 cm³/mol. The van der Waals surface area contributed by atoms with E-state index in [2.05, 4.69) is 0 Å². The maximum Gasteiger partial charge on any atom is 0.249 e. The van der Waals surface area contributed by atoms with Crippen molar-refractivity contribution in [1.82, 2.24) is 0 Å². The number of Topliss-reactive ketones (excluding diaryl/α,β-unsaturated/α-hetero) is 1. The van der Waals surface area contributed by atoms with Crippen LogP contribution in [0.5, 0.6) is 5.75 Å². The van der Waals surface area contributed by atoms with Crippen molar-refractivity contribution in [3.63, 3.8) is 0 Å². The molecule has 0 aliphatic heterocycles. The molecule has 0 aliphatic carbocycles. The van der Waals surface area contributed by atoms with Crippen molar-refractivity contribution in [2.45, 2.75) is 6.92 Å². The fraction of sp³-hybridized carbons (Fsp3) is 0.125. The molecule has 0 spiro atoms. The van der Waals surface area contributed by atoms with E-state index in [0.29, 0.717) is 5.75 Å². The summed E-state index contributed by atoms with van der Waals surface area (Å²) >= 11 is 0. The zero-order chi connectivity index (χ0) is 14.5. The lowest BCUT2D eigenvalue weighted by Crippen LogP contribution is -2.19. The summed E-state index contributed by atoms with van der Waals surface area (Å²) in [6.07, 6.45) is 0. The highest BCUT2D eigenvalue weighted by Crippen LogP contribution is 2.17. The van der Waals surface area contributed by atoms with Crippen LogP contribution in [0.4, 0.5) is 0 Å². The van der Waals surface area contributed by atoms with Crippen LogP contribution in [-0.2, 0) is 0 Å². The zero-order valence-electron chi connectivity index (χ0n) is 11.1. The maximum atomic E-state index is 12.1. The average Bonchev–Trinajstić information content (AvgIpc) is 2.46. The van der Waals surface area contributed by atoms with E-state index in [4.69, 9.17) is 10.5 Å². The molecule has 1 amide bonds. The van der Waals surface area contributed by atoms with Gasteiger partial charge < -0.3 is 10.5 Å². The summed E-state index contributed by atoms with van der Waals surface area (Å²) in [5, 5.41) is 0. The van der Waals surface area contributed by atoms with E-state index < -0.39 is 5.91 Å². The van der Waals surface area contributed by atoms with Crippen molar-refractivity contribution >= 4 is 11.7 Å². The smallest absolute Gasteiger partial charge is 0.249 e. The van der Waals surface area contributed by atoms with Gasteiger partial charge in [-0.3, -0.25) is 9.59 Å². The molecule has 2 aromatic carbocycles. The molecular formula is C16H15NO3. The Morgan fingerprint density at radius 2 is 1.60 bits per heavy atom.